The van der Waals surface area contributed by atoms with Gasteiger partial charge >= 0.3 is 11.9 Å². The van der Waals surface area contributed by atoms with E-state index in [1.54, 1.807) is 17.1 Å². The van der Waals surface area contributed by atoms with Crippen LogP contribution in [0.15, 0.2) is 35.6 Å². The number of pyridine rings is 1. The summed E-state index contributed by atoms with van der Waals surface area (Å²) in [5.74, 6) is -2.85. The van der Waals surface area contributed by atoms with Crippen molar-refractivity contribution in [2.75, 3.05) is 11.9 Å². The first-order chi connectivity index (χ1) is 15.1. The second-order valence-electron chi connectivity index (χ2n) is 7.83. The SMILES string of the molecule is CCn1cc(Cn2ccn(-c3nc(NCC4(F)CCC4)cc(C(F)(F)F)c3F)c2=O)cn1. The summed E-state index contributed by atoms with van der Waals surface area (Å²) in [6, 6.07) is 0.488. The zero-order chi connectivity index (χ0) is 23.1. The molecule has 0 spiro atoms. The molecule has 0 atom stereocenters. The summed E-state index contributed by atoms with van der Waals surface area (Å²) in [6.07, 6.45) is 1.99. The van der Waals surface area contributed by atoms with Gasteiger partial charge in [-0.05, 0) is 32.3 Å². The molecule has 32 heavy (non-hydrogen) atoms. The highest BCUT2D eigenvalue weighted by molar-refractivity contribution is 5.46. The third-order valence-electron chi connectivity index (χ3n) is 5.52. The van der Waals surface area contributed by atoms with Gasteiger partial charge in [0.05, 0.1) is 24.8 Å². The molecular weight excluding hydrogens is 435 g/mol. The van der Waals surface area contributed by atoms with Crippen LogP contribution in [0.2, 0.25) is 0 Å². The topological polar surface area (TPSA) is 69.7 Å². The number of imidazole rings is 1. The molecule has 1 saturated carbocycles. The zero-order valence-corrected chi connectivity index (χ0v) is 17.2. The van der Waals surface area contributed by atoms with Crippen molar-refractivity contribution in [2.24, 2.45) is 0 Å². The normalized spacial score (nSPS) is 15.6. The van der Waals surface area contributed by atoms with Crippen LogP contribution in [0.3, 0.4) is 0 Å². The van der Waals surface area contributed by atoms with E-state index in [0.717, 1.165) is 6.20 Å². The molecule has 12 heteroatoms. The van der Waals surface area contributed by atoms with Gasteiger partial charge in [-0.2, -0.15) is 18.3 Å². The van der Waals surface area contributed by atoms with Crippen LogP contribution in [0.5, 0.6) is 0 Å². The highest BCUT2D eigenvalue weighted by Crippen LogP contribution is 2.37. The first kappa shape index (κ1) is 22.0. The molecule has 3 aromatic rings. The predicted molar refractivity (Wildman–Crippen MR) is 106 cm³/mol. The summed E-state index contributed by atoms with van der Waals surface area (Å²) in [4.78, 5) is 16.6. The minimum absolute atomic E-state index is 0.0991. The molecule has 1 N–H and O–H groups in total. The maximum Gasteiger partial charge on any atom is 0.419 e. The van der Waals surface area contributed by atoms with Crippen LogP contribution in [-0.2, 0) is 19.3 Å². The van der Waals surface area contributed by atoms with Gasteiger partial charge in [0.1, 0.15) is 11.5 Å². The van der Waals surface area contributed by atoms with Crippen molar-refractivity contribution >= 4 is 5.82 Å². The number of aryl methyl sites for hydroxylation is 1. The molecule has 0 unspecified atom stereocenters. The van der Waals surface area contributed by atoms with Crippen LogP contribution < -0.4 is 11.0 Å². The fourth-order valence-corrected chi connectivity index (χ4v) is 3.51. The number of halogens is 5. The highest BCUT2D eigenvalue weighted by atomic mass is 19.4. The van der Waals surface area contributed by atoms with Crippen molar-refractivity contribution < 1.29 is 22.0 Å². The molecule has 1 aliphatic rings. The molecule has 3 heterocycles. The number of aromatic nitrogens is 5. The van der Waals surface area contributed by atoms with E-state index >= 15 is 0 Å². The van der Waals surface area contributed by atoms with Crippen molar-refractivity contribution in [1.82, 2.24) is 23.9 Å². The van der Waals surface area contributed by atoms with Gasteiger partial charge in [-0.15, -0.1) is 0 Å². The number of nitrogens with zero attached hydrogens (tertiary/aromatic N) is 5. The monoisotopic (exact) mass is 456 g/mol. The van der Waals surface area contributed by atoms with Gasteiger partial charge < -0.3 is 5.32 Å². The fourth-order valence-electron chi connectivity index (χ4n) is 3.51. The summed E-state index contributed by atoms with van der Waals surface area (Å²) in [5.41, 5.74) is -3.19. The van der Waals surface area contributed by atoms with Crippen molar-refractivity contribution in [1.29, 1.82) is 0 Å². The Morgan fingerprint density at radius 2 is 2.00 bits per heavy atom. The second kappa shape index (κ2) is 8.06. The van der Waals surface area contributed by atoms with Crippen molar-refractivity contribution in [3.63, 3.8) is 0 Å². The van der Waals surface area contributed by atoms with Crippen LogP contribution in [0, 0.1) is 5.82 Å². The summed E-state index contributed by atoms with van der Waals surface area (Å²) < 4.78 is 72.9. The molecule has 0 radical (unpaired) electrons. The summed E-state index contributed by atoms with van der Waals surface area (Å²) >= 11 is 0. The molecule has 172 valence electrons. The molecule has 0 bridgehead atoms. The molecule has 4 rings (SSSR count). The minimum Gasteiger partial charge on any atom is -0.367 e. The van der Waals surface area contributed by atoms with Crippen molar-refractivity contribution in [2.45, 2.75) is 51.1 Å². The lowest BCUT2D eigenvalue weighted by Gasteiger charge is -2.34. The van der Waals surface area contributed by atoms with E-state index in [9.17, 15) is 26.7 Å². The van der Waals surface area contributed by atoms with Crippen LogP contribution in [0.1, 0.15) is 37.3 Å². The lowest BCUT2D eigenvalue weighted by atomic mass is 9.82. The standard InChI is InChI=1S/C20H21F5N6O/c1-2-30-11-13(9-27-30)10-29-6-7-31(18(29)32)17-16(21)14(20(23,24)25)8-15(28-17)26-12-19(22)4-3-5-19/h6-9,11H,2-5,10,12H2,1H3,(H,26,28). The van der Waals surface area contributed by atoms with E-state index < -0.39 is 34.7 Å². The molecule has 0 saturated heterocycles. The van der Waals surface area contributed by atoms with Crippen molar-refractivity contribution in [3.05, 3.63) is 58.3 Å². The zero-order valence-electron chi connectivity index (χ0n) is 17.2. The quantitative estimate of drug-likeness (QED) is 0.550. The lowest BCUT2D eigenvalue weighted by molar-refractivity contribution is -0.140. The Kier molecular flexibility index (Phi) is 5.55. The van der Waals surface area contributed by atoms with Crippen molar-refractivity contribution in [3.8, 4) is 5.82 Å². The van der Waals surface area contributed by atoms with E-state index in [1.807, 2.05) is 6.92 Å². The van der Waals surface area contributed by atoms with Crippen LogP contribution in [0.25, 0.3) is 5.82 Å². The summed E-state index contributed by atoms with van der Waals surface area (Å²) in [5, 5.41) is 6.63. The maximum absolute atomic E-state index is 14.8. The maximum atomic E-state index is 14.8. The fraction of sp³-hybridized carbons (Fsp3) is 0.450. The van der Waals surface area contributed by atoms with Crippen LogP contribution in [-0.4, -0.2) is 36.1 Å². The van der Waals surface area contributed by atoms with Gasteiger partial charge in [0.15, 0.2) is 11.6 Å². The average molecular weight is 456 g/mol. The molecule has 1 aliphatic carbocycles. The van der Waals surface area contributed by atoms with Gasteiger partial charge in [0.25, 0.3) is 0 Å². The third kappa shape index (κ3) is 4.26. The van der Waals surface area contributed by atoms with Gasteiger partial charge in [0.2, 0.25) is 0 Å². The molecule has 0 aliphatic heterocycles. The second-order valence-corrected chi connectivity index (χ2v) is 7.83. The summed E-state index contributed by atoms with van der Waals surface area (Å²) in [6.45, 7) is 2.37. The first-order valence-corrected chi connectivity index (χ1v) is 10.1. The third-order valence-corrected chi connectivity index (χ3v) is 5.52. The smallest absolute Gasteiger partial charge is 0.367 e. The predicted octanol–water partition coefficient (Wildman–Crippen LogP) is 3.76. The van der Waals surface area contributed by atoms with Gasteiger partial charge in [-0.1, -0.05) is 0 Å². The molecule has 0 aromatic carbocycles. The van der Waals surface area contributed by atoms with E-state index in [4.69, 9.17) is 0 Å². The number of hydrogen-bond donors (Lipinski definition) is 1. The largest absolute Gasteiger partial charge is 0.419 e. The number of nitrogens with one attached hydrogen (secondary N) is 1. The van der Waals surface area contributed by atoms with Crippen LogP contribution >= 0.6 is 0 Å². The van der Waals surface area contributed by atoms with E-state index in [2.05, 4.69) is 15.4 Å². The van der Waals surface area contributed by atoms with Gasteiger partial charge in [-0.25, -0.2) is 23.1 Å². The molecule has 1 fully saturated rings. The Morgan fingerprint density at radius 3 is 2.59 bits per heavy atom. The molecule has 0 amide bonds. The van der Waals surface area contributed by atoms with E-state index in [-0.39, 0.29) is 31.7 Å². The lowest BCUT2D eigenvalue weighted by Crippen LogP contribution is -2.39. The summed E-state index contributed by atoms with van der Waals surface area (Å²) in [7, 11) is 0. The average Bonchev–Trinajstić information content (AvgIpc) is 3.32. The Morgan fingerprint density at radius 1 is 1.25 bits per heavy atom. The number of hydrogen-bond acceptors (Lipinski definition) is 4. The van der Waals surface area contributed by atoms with Gasteiger partial charge in [-0.3, -0.25) is 9.25 Å². The number of anilines is 1. The van der Waals surface area contributed by atoms with E-state index in [0.29, 0.717) is 29.2 Å². The Balaban J connectivity index is 1.69. The molecular formula is C20H21F5N6O. The van der Waals surface area contributed by atoms with Crippen LogP contribution in [0.4, 0.5) is 27.8 Å². The minimum atomic E-state index is -5.02. The molecule has 7 nitrogen and oxygen atoms in total. The Hall–Kier alpha value is -3.18. The number of alkyl halides is 4. The highest BCUT2D eigenvalue weighted by Gasteiger charge is 2.39. The number of rotatable bonds is 7. The first-order valence-electron chi connectivity index (χ1n) is 10.1. The van der Waals surface area contributed by atoms with Gasteiger partial charge in [0, 0.05) is 30.7 Å². The Labute approximate surface area is 179 Å². The molecule has 3 aromatic heterocycles. The Bertz CT molecular complexity index is 1170. The van der Waals surface area contributed by atoms with E-state index in [1.165, 1.54) is 10.8 Å².